The fourth-order valence-corrected chi connectivity index (χ4v) is 9.60. The second-order valence-corrected chi connectivity index (χ2v) is 14.9. The van der Waals surface area contributed by atoms with Gasteiger partial charge in [0.1, 0.15) is 0 Å². The van der Waals surface area contributed by atoms with Gasteiger partial charge in [0.05, 0.1) is 39.5 Å². The predicted molar refractivity (Wildman–Crippen MR) is 172 cm³/mol. The number of hydrogen-bond donors (Lipinski definition) is 0. The third kappa shape index (κ3) is 4.53. The Balaban J connectivity index is 1.55. The van der Waals surface area contributed by atoms with Gasteiger partial charge >= 0.3 is 0 Å². The fourth-order valence-electron chi connectivity index (χ4n) is 5.82. The lowest BCUT2D eigenvalue weighted by Crippen LogP contribution is -2.02. The number of thiophene rings is 4. The molecule has 6 heteroatoms. The van der Waals surface area contributed by atoms with Gasteiger partial charge in [-0.2, -0.15) is 0 Å². The first-order chi connectivity index (χ1) is 19.8. The Bertz CT molecular complexity index is 2170. The van der Waals surface area contributed by atoms with E-state index in [2.05, 4.69) is 106 Å². The van der Waals surface area contributed by atoms with Gasteiger partial charge in [0.25, 0.3) is 0 Å². The molecular weight excluding hydrogens is 565 g/mol. The highest BCUT2D eigenvalue weighted by molar-refractivity contribution is 7.09. The van der Waals surface area contributed by atoms with E-state index in [9.17, 15) is 0 Å². The van der Waals surface area contributed by atoms with Crippen LogP contribution in [0.3, 0.4) is 0 Å². The minimum absolute atomic E-state index is 1.05. The fraction of sp³-hybridized carbons (Fsp3) is 0.176. The number of fused-ring (bicyclic) bond motifs is 13. The molecule has 0 saturated carbocycles. The highest BCUT2D eigenvalue weighted by Gasteiger charge is 2.05. The van der Waals surface area contributed by atoms with E-state index in [1.807, 2.05) is 45.3 Å². The Kier molecular flexibility index (Phi) is 6.37. The van der Waals surface area contributed by atoms with E-state index in [1.165, 1.54) is 83.3 Å². The van der Waals surface area contributed by atoms with Gasteiger partial charge in [0.2, 0.25) is 0 Å². The SMILES string of the molecule is C1=c2/cc/c(s2)=c2\cc/c3n2CCCCCCn2/c(cc/c2=c2\cc/c(s2)=C/C=c2/cc/c=3s2)=c2/cc/c(s2)=C/1. The van der Waals surface area contributed by atoms with Gasteiger partial charge in [0.15, 0.2) is 0 Å². The highest BCUT2D eigenvalue weighted by atomic mass is 32.1. The van der Waals surface area contributed by atoms with E-state index in [0.29, 0.717) is 0 Å². The quantitative estimate of drug-likeness (QED) is 0.202. The Morgan fingerprint density at radius 3 is 0.950 bits per heavy atom. The summed E-state index contributed by atoms with van der Waals surface area (Å²) >= 11 is 7.56. The van der Waals surface area contributed by atoms with E-state index in [4.69, 9.17) is 0 Å². The Morgan fingerprint density at radius 1 is 0.350 bits per heavy atom. The number of aromatic nitrogens is 2. The van der Waals surface area contributed by atoms with Crippen molar-refractivity contribution in [3.8, 4) is 0 Å². The smallest absolute Gasteiger partial charge is 0.0587 e. The number of hydrogen-bond acceptors (Lipinski definition) is 4. The van der Waals surface area contributed by atoms with Gasteiger partial charge in [0, 0.05) is 31.2 Å². The topological polar surface area (TPSA) is 9.86 Å². The van der Waals surface area contributed by atoms with Gasteiger partial charge in [-0.05, 0) is 110 Å². The van der Waals surface area contributed by atoms with Gasteiger partial charge < -0.3 is 9.13 Å². The second-order valence-electron chi connectivity index (χ2n) is 10.4. The molecule has 0 aliphatic carbocycles. The largest absolute Gasteiger partial charge is 0.339 e. The molecule has 198 valence electrons. The molecule has 0 aromatic carbocycles. The summed E-state index contributed by atoms with van der Waals surface area (Å²) in [7, 11) is 0. The molecule has 6 aromatic rings. The van der Waals surface area contributed by atoms with Crippen molar-refractivity contribution in [3.63, 3.8) is 0 Å². The van der Waals surface area contributed by atoms with Crippen molar-refractivity contribution in [1.82, 2.24) is 9.13 Å². The first-order valence-corrected chi connectivity index (χ1v) is 17.2. The van der Waals surface area contributed by atoms with Crippen molar-refractivity contribution < 1.29 is 0 Å². The van der Waals surface area contributed by atoms with Gasteiger partial charge in [-0.3, -0.25) is 0 Å². The summed E-state index contributed by atoms with van der Waals surface area (Å²) < 4.78 is 15.7. The molecule has 0 amide bonds. The van der Waals surface area contributed by atoms with E-state index >= 15 is 0 Å². The molecule has 8 rings (SSSR count). The van der Waals surface area contributed by atoms with Crippen molar-refractivity contribution in [2.24, 2.45) is 0 Å². The third-order valence-corrected chi connectivity index (χ3v) is 12.1. The molecule has 0 saturated heterocycles. The normalized spacial score (nSPS) is 21.7. The van der Waals surface area contributed by atoms with Crippen LogP contribution >= 0.6 is 45.3 Å². The van der Waals surface area contributed by atoms with Crippen molar-refractivity contribution in [3.05, 3.63) is 130 Å². The van der Waals surface area contributed by atoms with Crippen LogP contribution in [-0.2, 0) is 13.1 Å². The molecule has 10 bridgehead atoms. The molecule has 2 nitrogen and oxygen atoms in total. The molecule has 0 radical (unpaired) electrons. The molecule has 0 atom stereocenters. The van der Waals surface area contributed by atoms with Gasteiger partial charge in [-0.1, -0.05) is 12.8 Å². The Morgan fingerprint density at radius 2 is 0.650 bits per heavy atom. The standard InChI is InChI=1S/C34H28N2S4/c1-2-4-22-36-29-15-16-30(36)34-20-12-26(40-34)8-6-24-10-18-32(38-24)28-14-13-27(35(28)21-3-1)31-17-9-23(37-31)5-7-25-11-19-33(29)39-25/h5-20H,1-4,21-22H2/b7-5?,8-6?,23-5-,24-6-,25-7-,26-8-,31-27-,32-28-,33-29-,34-30-. The summed E-state index contributed by atoms with van der Waals surface area (Å²) in [5, 5.41) is 5.36. The van der Waals surface area contributed by atoms with Crippen LogP contribution in [-0.4, -0.2) is 9.13 Å². The van der Waals surface area contributed by atoms with Crippen LogP contribution in [0.2, 0.25) is 0 Å². The molecule has 8 heterocycles. The zero-order valence-electron chi connectivity index (χ0n) is 22.0. The molecule has 0 N–H and O–H groups in total. The lowest BCUT2D eigenvalue weighted by Gasteiger charge is -2.07. The van der Waals surface area contributed by atoms with Crippen molar-refractivity contribution >= 4 is 69.7 Å². The first-order valence-electron chi connectivity index (χ1n) is 13.9. The van der Waals surface area contributed by atoms with Crippen LogP contribution in [0.15, 0.2) is 72.8 Å². The minimum atomic E-state index is 1.05. The zero-order valence-corrected chi connectivity index (χ0v) is 25.3. The van der Waals surface area contributed by atoms with Gasteiger partial charge in [-0.25, -0.2) is 0 Å². The van der Waals surface area contributed by atoms with Crippen molar-refractivity contribution in [2.75, 3.05) is 0 Å². The summed E-state index contributed by atoms with van der Waals surface area (Å²) in [5.41, 5.74) is 0. The lowest BCUT2D eigenvalue weighted by atomic mass is 10.2. The summed E-state index contributed by atoms with van der Waals surface area (Å²) in [4.78, 5) is 0. The van der Waals surface area contributed by atoms with Gasteiger partial charge in [-0.15, -0.1) is 45.3 Å². The molecule has 6 aromatic heterocycles. The van der Waals surface area contributed by atoms with E-state index in [-0.39, 0.29) is 0 Å². The number of nitrogens with zero attached hydrogens (tertiary/aromatic N) is 2. The van der Waals surface area contributed by atoms with Crippen LogP contribution in [0.4, 0.5) is 0 Å². The Hall–Kier alpha value is -3.16. The second kappa shape index (κ2) is 10.3. The van der Waals surface area contributed by atoms with Crippen LogP contribution in [0.5, 0.6) is 0 Å². The van der Waals surface area contributed by atoms with E-state index < -0.39 is 0 Å². The molecule has 2 aliphatic heterocycles. The first kappa shape index (κ1) is 24.6. The molecular formula is C34H28N2S4. The summed E-state index contributed by atoms with van der Waals surface area (Å²) in [6, 6.07) is 27.6. The molecule has 0 unspecified atom stereocenters. The van der Waals surface area contributed by atoms with E-state index in [0.717, 1.165) is 13.1 Å². The average Bonchev–Trinajstić information content (AvgIpc) is 3.79. The lowest BCUT2D eigenvalue weighted by molar-refractivity contribution is 0.528. The van der Waals surface area contributed by atoms with Crippen LogP contribution in [0.1, 0.15) is 25.7 Å². The maximum atomic E-state index is 2.57. The third-order valence-electron chi connectivity index (χ3n) is 7.82. The zero-order chi connectivity index (χ0) is 26.5. The number of rotatable bonds is 0. The molecule has 40 heavy (non-hydrogen) atoms. The summed E-state index contributed by atoms with van der Waals surface area (Å²) in [6.07, 6.45) is 14.0. The van der Waals surface area contributed by atoms with Crippen LogP contribution in [0, 0.1) is 39.5 Å². The van der Waals surface area contributed by atoms with E-state index in [1.54, 1.807) is 0 Å². The summed E-state index contributed by atoms with van der Waals surface area (Å²) in [5.74, 6) is 0. The van der Waals surface area contributed by atoms with Crippen LogP contribution in [0.25, 0.3) is 24.3 Å². The van der Waals surface area contributed by atoms with Crippen LogP contribution < -0.4 is 18.1 Å². The maximum Gasteiger partial charge on any atom is 0.0587 e. The maximum absolute atomic E-state index is 2.57. The van der Waals surface area contributed by atoms with Crippen molar-refractivity contribution in [2.45, 2.75) is 38.8 Å². The molecule has 0 fully saturated rings. The molecule has 2 aliphatic rings. The predicted octanol–water partition coefficient (Wildman–Crippen LogP) is 6.09. The van der Waals surface area contributed by atoms with Crippen molar-refractivity contribution in [1.29, 1.82) is 0 Å². The minimum Gasteiger partial charge on any atom is -0.339 e. The summed E-state index contributed by atoms with van der Waals surface area (Å²) in [6.45, 7) is 2.10. The Labute approximate surface area is 246 Å². The molecule has 0 spiro atoms. The average molecular weight is 593 g/mol. The highest BCUT2D eigenvalue weighted by Crippen LogP contribution is 2.14. The monoisotopic (exact) mass is 592 g/mol.